The number of thiophene rings is 1. The summed E-state index contributed by atoms with van der Waals surface area (Å²) in [5.74, 6) is 0.454. The summed E-state index contributed by atoms with van der Waals surface area (Å²) in [5, 5.41) is 1.32. The van der Waals surface area contributed by atoms with Gasteiger partial charge in [-0.05, 0) is 122 Å². The molecule has 0 atom stereocenters. The third-order valence-electron chi connectivity index (χ3n) is 13.4. The van der Waals surface area contributed by atoms with E-state index in [9.17, 15) is 0 Å². The molecule has 272 valence electrons. The third-order valence-corrected chi connectivity index (χ3v) is 14.6. The van der Waals surface area contributed by atoms with Crippen LogP contribution in [0.4, 0.5) is 34.1 Å². The molecule has 0 fully saturated rings. The Kier molecular flexibility index (Phi) is 6.56. The van der Waals surface area contributed by atoms with Crippen molar-refractivity contribution in [1.29, 1.82) is 0 Å². The van der Waals surface area contributed by atoms with E-state index < -0.39 is 5.41 Å². The predicted molar refractivity (Wildman–Crippen MR) is 246 cm³/mol. The highest BCUT2D eigenvalue weighted by Gasteiger charge is 2.52. The van der Waals surface area contributed by atoms with Crippen LogP contribution in [0.3, 0.4) is 0 Å². The average molecular weight is 757 g/mol. The van der Waals surface area contributed by atoms with Crippen molar-refractivity contribution in [2.75, 3.05) is 9.80 Å². The number of rotatable bonds is 3. The van der Waals surface area contributed by atoms with Crippen LogP contribution in [0.1, 0.15) is 47.6 Å². The number of benzene rings is 8. The van der Waals surface area contributed by atoms with Gasteiger partial charge in [-0.15, -0.1) is 11.3 Å². The molecule has 2 aliphatic heterocycles. The van der Waals surface area contributed by atoms with Gasteiger partial charge in [-0.2, -0.15) is 0 Å². The average Bonchev–Trinajstić information content (AvgIpc) is 3.89. The molecule has 2 aliphatic carbocycles. The lowest BCUT2D eigenvalue weighted by Crippen LogP contribution is -2.60. The first-order valence-corrected chi connectivity index (χ1v) is 21.3. The van der Waals surface area contributed by atoms with E-state index in [1.165, 1.54) is 110 Å². The quantitative estimate of drug-likeness (QED) is 0.166. The Balaban J connectivity index is 1.14. The molecule has 4 heteroatoms. The van der Waals surface area contributed by atoms with Crippen molar-refractivity contribution < 1.29 is 0 Å². The summed E-state index contributed by atoms with van der Waals surface area (Å²) < 4.78 is 2.73. The van der Waals surface area contributed by atoms with Crippen molar-refractivity contribution in [2.24, 2.45) is 0 Å². The van der Waals surface area contributed by atoms with Gasteiger partial charge in [0.15, 0.2) is 0 Å². The highest BCUT2D eigenvalue weighted by molar-refractivity contribution is 7.33. The zero-order valence-corrected chi connectivity index (χ0v) is 33.1. The zero-order chi connectivity index (χ0) is 38.3. The minimum absolute atomic E-state index is 0.0879. The molecular weight excluding hydrogens is 719 g/mol. The lowest BCUT2D eigenvalue weighted by Gasteiger charge is -2.43. The van der Waals surface area contributed by atoms with Gasteiger partial charge in [-0.3, -0.25) is 0 Å². The van der Waals surface area contributed by atoms with E-state index in [0.29, 0.717) is 5.92 Å². The van der Waals surface area contributed by atoms with Crippen LogP contribution in [0.5, 0.6) is 0 Å². The molecule has 0 bridgehead atoms. The van der Waals surface area contributed by atoms with Gasteiger partial charge < -0.3 is 9.80 Å². The smallest absolute Gasteiger partial charge is 0.264 e. The molecule has 13 rings (SSSR count). The molecule has 0 unspecified atom stereocenters. The Morgan fingerprint density at radius 3 is 1.71 bits per heavy atom. The first-order chi connectivity index (χ1) is 28.6. The fourth-order valence-electron chi connectivity index (χ4n) is 11.1. The summed E-state index contributed by atoms with van der Waals surface area (Å²) in [7, 11) is 0. The molecule has 0 amide bonds. The van der Waals surface area contributed by atoms with Crippen LogP contribution in [-0.4, -0.2) is 6.71 Å². The van der Waals surface area contributed by atoms with Crippen molar-refractivity contribution in [2.45, 2.75) is 25.2 Å². The molecule has 0 radical (unpaired) electrons. The lowest BCUT2D eigenvalue weighted by atomic mass is 9.36. The summed E-state index contributed by atoms with van der Waals surface area (Å²) in [6.45, 7) is 4.65. The largest absolute Gasteiger partial charge is 0.311 e. The van der Waals surface area contributed by atoms with Crippen LogP contribution in [0.2, 0.25) is 0 Å². The fraction of sp³-hybridized carbons (Fsp3) is 0.0741. The summed E-state index contributed by atoms with van der Waals surface area (Å²) in [6, 6.07) is 68.9. The minimum Gasteiger partial charge on any atom is -0.311 e. The van der Waals surface area contributed by atoms with Crippen LogP contribution >= 0.6 is 11.3 Å². The summed E-state index contributed by atoms with van der Waals surface area (Å²) >= 11 is 1.99. The number of hydrogen-bond acceptors (Lipinski definition) is 3. The second-order valence-electron chi connectivity index (χ2n) is 16.5. The van der Waals surface area contributed by atoms with Crippen molar-refractivity contribution >= 4 is 78.0 Å². The number of anilines is 6. The molecule has 3 heterocycles. The Morgan fingerprint density at radius 2 is 1.03 bits per heavy atom. The first kappa shape index (κ1) is 32.5. The number of hydrogen-bond donors (Lipinski definition) is 0. The fourth-order valence-corrected chi connectivity index (χ4v) is 12.4. The van der Waals surface area contributed by atoms with Crippen molar-refractivity contribution in [1.82, 2.24) is 0 Å². The van der Waals surface area contributed by atoms with E-state index >= 15 is 0 Å². The molecule has 2 nitrogen and oxygen atoms in total. The summed E-state index contributed by atoms with van der Waals surface area (Å²) in [6.07, 6.45) is 0. The van der Waals surface area contributed by atoms with Gasteiger partial charge in [-0.1, -0.05) is 141 Å². The maximum Gasteiger partial charge on any atom is 0.264 e. The van der Waals surface area contributed by atoms with Gasteiger partial charge in [0.05, 0.1) is 11.1 Å². The van der Waals surface area contributed by atoms with E-state index in [0.717, 1.165) is 0 Å². The van der Waals surface area contributed by atoms with Crippen LogP contribution in [0.15, 0.2) is 182 Å². The SMILES string of the molecule is CC(C)c1ccc(N2c3cccc4c3B(c3ccccc3N4c3ccccc3)c3sc4cc5c(cc4c32)C2(c3ccccc3-c3ccccc32)c2ccccc2-5)cc1. The highest BCUT2D eigenvalue weighted by Crippen LogP contribution is 2.64. The number of fused-ring (bicyclic) bond motifs is 16. The summed E-state index contributed by atoms with van der Waals surface area (Å²) in [5.41, 5.74) is 22.0. The highest BCUT2D eigenvalue weighted by atomic mass is 32.1. The van der Waals surface area contributed by atoms with E-state index in [-0.39, 0.29) is 6.71 Å². The molecule has 1 spiro atoms. The monoisotopic (exact) mass is 756 g/mol. The van der Waals surface area contributed by atoms with Gasteiger partial charge in [0.2, 0.25) is 0 Å². The van der Waals surface area contributed by atoms with Crippen LogP contribution in [0, 0.1) is 0 Å². The predicted octanol–water partition coefficient (Wildman–Crippen LogP) is 12.5. The van der Waals surface area contributed by atoms with Gasteiger partial charge in [-0.25, -0.2) is 0 Å². The third kappa shape index (κ3) is 4.03. The maximum absolute atomic E-state index is 2.61. The lowest BCUT2D eigenvalue weighted by molar-refractivity contribution is 0.795. The van der Waals surface area contributed by atoms with Gasteiger partial charge in [0.25, 0.3) is 6.71 Å². The number of para-hydroxylation sites is 2. The van der Waals surface area contributed by atoms with Crippen molar-refractivity contribution in [3.63, 3.8) is 0 Å². The Bertz CT molecular complexity index is 3130. The van der Waals surface area contributed by atoms with Crippen LogP contribution in [-0.2, 0) is 5.41 Å². The van der Waals surface area contributed by atoms with Gasteiger partial charge in [0.1, 0.15) is 0 Å². The minimum atomic E-state index is -0.404. The molecule has 1 aromatic heterocycles. The first-order valence-electron chi connectivity index (χ1n) is 20.5. The molecule has 8 aromatic carbocycles. The van der Waals surface area contributed by atoms with Crippen molar-refractivity contribution in [3.8, 4) is 22.3 Å². The second kappa shape index (κ2) is 11.7. The normalized spacial score (nSPS) is 14.6. The van der Waals surface area contributed by atoms with E-state index in [1.54, 1.807) is 0 Å². The topological polar surface area (TPSA) is 6.48 Å². The molecular formula is C54H37BN2S. The zero-order valence-electron chi connectivity index (χ0n) is 32.3. The van der Waals surface area contributed by atoms with Crippen molar-refractivity contribution in [3.05, 3.63) is 210 Å². The molecule has 0 saturated carbocycles. The Hall–Kier alpha value is -6.62. The molecule has 0 N–H and O–H groups in total. The van der Waals surface area contributed by atoms with Crippen LogP contribution < -0.4 is 25.5 Å². The molecule has 4 aliphatic rings. The second-order valence-corrected chi connectivity index (χ2v) is 17.6. The summed E-state index contributed by atoms with van der Waals surface area (Å²) in [4.78, 5) is 5.08. The van der Waals surface area contributed by atoms with E-state index in [4.69, 9.17) is 0 Å². The number of nitrogens with zero attached hydrogens (tertiary/aromatic N) is 2. The Morgan fingerprint density at radius 1 is 0.483 bits per heavy atom. The molecule has 9 aromatic rings. The molecule has 0 saturated heterocycles. The standard InChI is InChI=1S/C54H37BN2S/c1-33(2)34-27-29-36(30-28-34)57-49-26-14-25-48-51(49)55(46-23-12-13-24-47(46)56(48)35-15-4-3-5-16-35)53-52(57)41-31-45-40(32-50(41)58-53)39-19-8-11-22-44(39)54(45)42-20-9-6-17-37(42)38-18-7-10-21-43(38)54/h3-33H,1-2H3. The Labute approximate surface area is 343 Å². The van der Waals surface area contributed by atoms with Gasteiger partial charge in [0, 0.05) is 43.3 Å². The van der Waals surface area contributed by atoms with E-state index in [2.05, 4.69) is 206 Å². The van der Waals surface area contributed by atoms with E-state index in [1.807, 2.05) is 11.3 Å². The van der Waals surface area contributed by atoms with Gasteiger partial charge >= 0.3 is 0 Å². The maximum atomic E-state index is 2.61. The molecule has 58 heavy (non-hydrogen) atoms. The van der Waals surface area contributed by atoms with Crippen LogP contribution in [0.25, 0.3) is 32.3 Å².